The summed E-state index contributed by atoms with van der Waals surface area (Å²) in [7, 11) is 4.71. The molecule has 33 heavy (non-hydrogen) atoms. The summed E-state index contributed by atoms with van der Waals surface area (Å²) in [6, 6.07) is 11.9. The molecule has 0 unspecified atom stereocenters. The van der Waals surface area contributed by atoms with Crippen LogP contribution in [0, 0.1) is 20.8 Å². The van der Waals surface area contributed by atoms with E-state index >= 15 is 0 Å². The van der Waals surface area contributed by atoms with E-state index in [2.05, 4.69) is 41.6 Å². The fourth-order valence-corrected chi connectivity index (χ4v) is 3.62. The predicted octanol–water partition coefficient (Wildman–Crippen LogP) is 4.21. The second-order valence-corrected chi connectivity index (χ2v) is 7.79. The molecule has 3 aromatic rings. The van der Waals surface area contributed by atoms with Crippen LogP contribution in [0.2, 0.25) is 0 Å². The molecule has 1 aromatic heterocycles. The molecule has 0 aliphatic rings. The highest BCUT2D eigenvalue weighted by atomic mass is 16.5. The molecule has 1 amide bonds. The third kappa shape index (κ3) is 5.74. The summed E-state index contributed by atoms with van der Waals surface area (Å²) < 4.78 is 18.1. The van der Waals surface area contributed by atoms with Crippen LogP contribution in [0.25, 0.3) is 6.08 Å². The minimum Gasteiger partial charge on any atom is -0.496 e. The lowest BCUT2D eigenvalue weighted by Crippen LogP contribution is -2.21. The van der Waals surface area contributed by atoms with Crippen molar-refractivity contribution in [3.8, 4) is 17.2 Å². The van der Waals surface area contributed by atoms with Crippen LogP contribution < -0.4 is 19.5 Å². The van der Waals surface area contributed by atoms with Crippen molar-refractivity contribution in [3.05, 3.63) is 76.1 Å². The van der Waals surface area contributed by atoms with Crippen molar-refractivity contribution in [2.75, 3.05) is 21.3 Å². The fourth-order valence-electron chi connectivity index (χ4n) is 3.62. The standard InChI is InChI=1S/C26H31N3O4/c1-17-7-9-20(10-8-17)16-29-19(3)22(18(2)28-29)11-12-26(30)27-15-23-24(32-5)13-21(31-4)14-25(23)33-6/h7-14H,15-16H2,1-6H3,(H,27,30). The first-order valence-corrected chi connectivity index (χ1v) is 10.7. The van der Waals surface area contributed by atoms with Gasteiger partial charge in [-0.05, 0) is 32.4 Å². The highest BCUT2D eigenvalue weighted by Crippen LogP contribution is 2.33. The Bertz CT molecular complexity index is 1120. The number of carbonyl (C=O) groups is 1. The van der Waals surface area contributed by atoms with E-state index in [9.17, 15) is 4.79 Å². The Labute approximate surface area is 195 Å². The zero-order valence-corrected chi connectivity index (χ0v) is 20.1. The van der Waals surface area contributed by atoms with Gasteiger partial charge in [-0.2, -0.15) is 5.10 Å². The molecule has 0 bridgehead atoms. The van der Waals surface area contributed by atoms with E-state index < -0.39 is 0 Å². The normalized spacial score (nSPS) is 11.0. The highest BCUT2D eigenvalue weighted by Gasteiger charge is 2.14. The molecular weight excluding hydrogens is 418 g/mol. The molecule has 1 N–H and O–H groups in total. The van der Waals surface area contributed by atoms with Crippen LogP contribution in [0.15, 0.2) is 42.5 Å². The van der Waals surface area contributed by atoms with E-state index in [4.69, 9.17) is 14.2 Å². The molecule has 0 aliphatic heterocycles. The third-order valence-electron chi connectivity index (χ3n) is 5.55. The Morgan fingerprint density at radius 2 is 1.64 bits per heavy atom. The molecular formula is C26H31N3O4. The van der Waals surface area contributed by atoms with Gasteiger partial charge >= 0.3 is 0 Å². The van der Waals surface area contributed by atoms with E-state index in [0.717, 1.165) is 22.5 Å². The smallest absolute Gasteiger partial charge is 0.244 e. The second-order valence-electron chi connectivity index (χ2n) is 7.79. The molecule has 0 aliphatic carbocycles. The number of rotatable bonds is 9. The Morgan fingerprint density at radius 1 is 1.00 bits per heavy atom. The van der Waals surface area contributed by atoms with Crippen LogP contribution in [0.4, 0.5) is 0 Å². The topological polar surface area (TPSA) is 74.6 Å². The van der Waals surface area contributed by atoms with Gasteiger partial charge in [0.2, 0.25) is 5.91 Å². The number of carbonyl (C=O) groups excluding carboxylic acids is 1. The summed E-state index contributed by atoms with van der Waals surface area (Å²) >= 11 is 0. The summed E-state index contributed by atoms with van der Waals surface area (Å²) in [6.07, 6.45) is 3.33. The number of aromatic nitrogens is 2. The average molecular weight is 450 g/mol. The first-order chi connectivity index (χ1) is 15.9. The van der Waals surface area contributed by atoms with Gasteiger partial charge in [0.05, 0.1) is 45.7 Å². The Kier molecular flexibility index (Phi) is 7.77. The number of nitrogens with zero attached hydrogens (tertiary/aromatic N) is 2. The summed E-state index contributed by atoms with van der Waals surface area (Å²) in [5.74, 6) is 1.56. The van der Waals surface area contributed by atoms with E-state index in [1.165, 1.54) is 17.2 Å². The first-order valence-electron chi connectivity index (χ1n) is 10.7. The van der Waals surface area contributed by atoms with Gasteiger partial charge in [-0.25, -0.2) is 0 Å². The molecule has 0 atom stereocenters. The fraction of sp³-hybridized carbons (Fsp3) is 0.308. The number of benzene rings is 2. The van der Waals surface area contributed by atoms with Crippen molar-refractivity contribution in [1.82, 2.24) is 15.1 Å². The molecule has 1 heterocycles. The quantitative estimate of drug-likeness (QED) is 0.495. The third-order valence-corrected chi connectivity index (χ3v) is 5.55. The monoisotopic (exact) mass is 449 g/mol. The summed E-state index contributed by atoms with van der Waals surface area (Å²) in [6.45, 7) is 6.97. The number of hydrogen-bond donors (Lipinski definition) is 1. The van der Waals surface area contributed by atoms with Crippen molar-refractivity contribution in [3.63, 3.8) is 0 Å². The summed E-state index contributed by atoms with van der Waals surface area (Å²) in [5, 5.41) is 7.54. The minimum absolute atomic E-state index is 0.222. The highest BCUT2D eigenvalue weighted by molar-refractivity contribution is 5.92. The van der Waals surface area contributed by atoms with Gasteiger partial charge in [0, 0.05) is 29.5 Å². The van der Waals surface area contributed by atoms with Gasteiger partial charge in [0.1, 0.15) is 17.2 Å². The molecule has 0 fully saturated rings. The molecule has 0 saturated carbocycles. The average Bonchev–Trinajstić information content (AvgIpc) is 3.08. The molecule has 174 valence electrons. The zero-order valence-electron chi connectivity index (χ0n) is 20.1. The lowest BCUT2D eigenvalue weighted by atomic mass is 10.1. The number of methoxy groups -OCH3 is 3. The van der Waals surface area contributed by atoms with Crippen LogP contribution >= 0.6 is 0 Å². The maximum atomic E-state index is 12.5. The van der Waals surface area contributed by atoms with E-state index in [1.54, 1.807) is 39.5 Å². The van der Waals surface area contributed by atoms with Gasteiger partial charge < -0.3 is 19.5 Å². The summed E-state index contributed by atoms with van der Waals surface area (Å²) in [4.78, 5) is 12.5. The van der Waals surface area contributed by atoms with Crippen molar-refractivity contribution in [2.24, 2.45) is 0 Å². The molecule has 7 heteroatoms. The van der Waals surface area contributed by atoms with E-state index in [1.807, 2.05) is 18.5 Å². The van der Waals surface area contributed by atoms with E-state index in [0.29, 0.717) is 23.8 Å². The molecule has 0 saturated heterocycles. The maximum Gasteiger partial charge on any atom is 0.244 e. The van der Waals surface area contributed by atoms with Crippen molar-refractivity contribution in [2.45, 2.75) is 33.9 Å². The van der Waals surface area contributed by atoms with Gasteiger partial charge in [0.25, 0.3) is 0 Å². The Hall–Kier alpha value is -3.74. The number of amides is 1. The van der Waals surface area contributed by atoms with Crippen LogP contribution in [0.1, 0.15) is 33.6 Å². The number of aryl methyl sites for hydroxylation is 2. The largest absolute Gasteiger partial charge is 0.496 e. The van der Waals surface area contributed by atoms with Crippen LogP contribution in [0.5, 0.6) is 17.2 Å². The SMILES string of the molecule is COc1cc(OC)c(CNC(=O)C=Cc2c(C)nn(Cc3ccc(C)cc3)c2C)c(OC)c1. The minimum atomic E-state index is -0.222. The van der Waals surface area contributed by atoms with Gasteiger partial charge in [-0.3, -0.25) is 9.48 Å². The van der Waals surface area contributed by atoms with Gasteiger partial charge in [-0.15, -0.1) is 0 Å². The van der Waals surface area contributed by atoms with Crippen LogP contribution in [0.3, 0.4) is 0 Å². The lowest BCUT2D eigenvalue weighted by molar-refractivity contribution is -0.116. The van der Waals surface area contributed by atoms with Crippen molar-refractivity contribution in [1.29, 1.82) is 0 Å². The van der Waals surface area contributed by atoms with Crippen molar-refractivity contribution < 1.29 is 19.0 Å². The summed E-state index contributed by atoms with van der Waals surface area (Å²) in [5.41, 5.74) is 5.98. The number of nitrogens with one attached hydrogen (secondary N) is 1. The van der Waals surface area contributed by atoms with Crippen molar-refractivity contribution >= 4 is 12.0 Å². The van der Waals surface area contributed by atoms with Crippen LogP contribution in [-0.4, -0.2) is 37.0 Å². The number of ether oxygens (including phenoxy) is 3. The van der Waals surface area contributed by atoms with Gasteiger partial charge in [0.15, 0.2) is 0 Å². The number of hydrogen-bond acceptors (Lipinski definition) is 5. The predicted molar refractivity (Wildman–Crippen MR) is 129 cm³/mol. The maximum absolute atomic E-state index is 12.5. The first kappa shape index (κ1) is 23.9. The molecule has 0 spiro atoms. The van der Waals surface area contributed by atoms with Gasteiger partial charge in [-0.1, -0.05) is 29.8 Å². The molecule has 7 nitrogen and oxygen atoms in total. The molecule has 0 radical (unpaired) electrons. The second kappa shape index (κ2) is 10.7. The zero-order chi connectivity index (χ0) is 24.0. The Morgan fingerprint density at radius 3 is 2.21 bits per heavy atom. The van der Waals surface area contributed by atoms with E-state index in [-0.39, 0.29) is 12.5 Å². The Balaban J connectivity index is 1.70. The molecule has 2 aromatic carbocycles. The molecule has 3 rings (SSSR count). The van der Waals surface area contributed by atoms with Crippen LogP contribution in [-0.2, 0) is 17.9 Å². The lowest BCUT2D eigenvalue weighted by Gasteiger charge is -2.15.